The van der Waals surface area contributed by atoms with Crippen molar-refractivity contribution in [3.8, 4) is 0 Å². The van der Waals surface area contributed by atoms with Crippen molar-refractivity contribution < 1.29 is 0 Å². The van der Waals surface area contributed by atoms with Crippen molar-refractivity contribution in [3.63, 3.8) is 0 Å². The van der Waals surface area contributed by atoms with E-state index in [1.807, 2.05) is 6.20 Å². The van der Waals surface area contributed by atoms with E-state index in [2.05, 4.69) is 59.4 Å². The number of hydrogen-bond acceptors (Lipinski definition) is 3. The molecule has 0 bridgehead atoms. The van der Waals surface area contributed by atoms with E-state index in [4.69, 9.17) is 9.97 Å². The largest absolute Gasteiger partial charge is 0.338 e. The highest BCUT2D eigenvalue weighted by atomic mass is 15.3. The van der Waals surface area contributed by atoms with Crippen LogP contribution < -0.4 is 4.90 Å². The first kappa shape index (κ1) is 22.9. The van der Waals surface area contributed by atoms with Crippen LogP contribution >= 0.6 is 0 Å². The maximum absolute atomic E-state index is 4.94. The molecule has 0 saturated heterocycles. The van der Waals surface area contributed by atoms with Crippen molar-refractivity contribution in [2.75, 3.05) is 11.4 Å². The second kappa shape index (κ2) is 11.6. The number of anilines is 1. The molecule has 0 aromatic carbocycles. The molecule has 1 aromatic heterocycles. The van der Waals surface area contributed by atoms with Crippen molar-refractivity contribution in [3.05, 3.63) is 18.0 Å². The van der Waals surface area contributed by atoms with Crippen LogP contribution in [0.15, 0.2) is 12.3 Å². The maximum atomic E-state index is 4.94. The molecule has 0 N–H and O–H groups in total. The lowest BCUT2D eigenvalue weighted by molar-refractivity contribution is 0.348. The number of rotatable bonds is 12. The summed E-state index contributed by atoms with van der Waals surface area (Å²) in [5.74, 6) is 1.69. The first-order chi connectivity index (χ1) is 12.3. The first-order valence-corrected chi connectivity index (χ1v) is 10.9. The van der Waals surface area contributed by atoms with Gasteiger partial charge in [-0.05, 0) is 43.1 Å². The highest BCUT2D eigenvalue weighted by Crippen LogP contribution is 2.27. The number of aromatic nitrogens is 2. The Morgan fingerprint density at radius 3 is 2.42 bits per heavy atom. The zero-order valence-corrected chi connectivity index (χ0v) is 18.5. The summed E-state index contributed by atoms with van der Waals surface area (Å²) in [5, 5.41) is 0. The van der Waals surface area contributed by atoms with Gasteiger partial charge in [0.05, 0.1) is 0 Å². The zero-order chi connectivity index (χ0) is 19.6. The predicted octanol–water partition coefficient (Wildman–Crippen LogP) is 6.67. The normalized spacial score (nSPS) is 14.3. The third kappa shape index (κ3) is 8.51. The number of aryl methyl sites for hydroxylation is 1. The molecule has 0 amide bonds. The van der Waals surface area contributed by atoms with Gasteiger partial charge in [0.1, 0.15) is 0 Å². The highest BCUT2D eigenvalue weighted by molar-refractivity contribution is 5.32. The van der Waals surface area contributed by atoms with E-state index in [9.17, 15) is 0 Å². The molecule has 0 aliphatic rings. The Morgan fingerprint density at radius 2 is 1.85 bits per heavy atom. The third-order valence-electron chi connectivity index (χ3n) is 5.27. The van der Waals surface area contributed by atoms with Crippen molar-refractivity contribution in [2.24, 2.45) is 11.3 Å². The number of nitrogens with zero attached hydrogens (tertiary/aromatic N) is 3. The van der Waals surface area contributed by atoms with Crippen LogP contribution in [0.3, 0.4) is 0 Å². The molecular weight excluding hydrogens is 318 g/mol. The van der Waals surface area contributed by atoms with Gasteiger partial charge in [-0.2, -0.15) is 0 Å². The lowest BCUT2D eigenvalue weighted by atomic mass is 9.90. The average Bonchev–Trinajstić information content (AvgIpc) is 2.59. The summed E-state index contributed by atoms with van der Waals surface area (Å²) < 4.78 is 0. The van der Waals surface area contributed by atoms with E-state index in [1.54, 1.807) is 0 Å². The molecule has 2 atom stereocenters. The fraction of sp³-hybridized carbons (Fsp3) is 0.826. The minimum Gasteiger partial charge on any atom is -0.338 e. The Balaban J connectivity index is 3.11. The topological polar surface area (TPSA) is 29.0 Å². The van der Waals surface area contributed by atoms with Crippen LogP contribution in [0.5, 0.6) is 0 Å². The van der Waals surface area contributed by atoms with Gasteiger partial charge in [0.2, 0.25) is 5.95 Å². The second-order valence-corrected chi connectivity index (χ2v) is 9.15. The molecule has 3 nitrogen and oxygen atoms in total. The Bertz CT molecular complexity index is 492. The fourth-order valence-corrected chi connectivity index (χ4v) is 3.29. The molecule has 0 fully saturated rings. The predicted molar refractivity (Wildman–Crippen MR) is 115 cm³/mol. The van der Waals surface area contributed by atoms with E-state index >= 15 is 0 Å². The van der Waals surface area contributed by atoms with Crippen molar-refractivity contribution >= 4 is 5.95 Å². The Morgan fingerprint density at radius 1 is 1.12 bits per heavy atom. The van der Waals surface area contributed by atoms with Crippen molar-refractivity contribution in [1.82, 2.24) is 9.97 Å². The summed E-state index contributed by atoms with van der Waals surface area (Å²) in [5.41, 5.74) is 1.50. The van der Waals surface area contributed by atoms with E-state index in [1.165, 1.54) is 37.8 Å². The van der Waals surface area contributed by atoms with Crippen molar-refractivity contribution in [2.45, 2.75) is 106 Å². The quantitative estimate of drug-likeness (QED) is 0.416. The zero-order valence-electron chi connectivity index (χ0n) is 18.5. The van der Waals surface area contributed by atoms with Crippen LogP contribution in [0, 0.1) is 11.3 Å². The van der Waals surface area contributed by atoms with Gasteiger partial charge in [0.25, 0.3) is 0 Å². The monoisotopic (exact) mass is 361 g/mol. The molecule has 150 valence electrons. The van der Waals surface area contributed by atoms with Gasteiger partial charge >= 0.3 is 0 Å². The molecular formula is C23H43N3. The van der Waals surface area contributed by atoms with Crippen LogP contribution in [-0.2, 0) is 6.42 Å². The van der Waals surface area contributed by atoms with Crippen LogP contribution in [0.1, 0.15) is 99.1 Å². The van der Waals surface area contributed by atoms with Gasteiger partial charge in [-0.25, -0.2) is 9.97 Å². The summed E-state index contributed by atoms with van der Waals surface area (Å²) in [4.78, 5) is 12.2. The molecule has 0 aliphatic heterocycles. The highest BCUT2D eigenvalue weighted by Gasteiger charge is 2.24. The summed E-state index contributed by atoms with van der Waals surface area (Å²) in [6.07, 6.45) is 11.5. The standard InChI is InChI=1S/C23H43N3/c1-8-11-13-21(18-19(4)10-3)26(17-15-23(5,6)7)22-24-16-14-20(25-22)12-9-2/h14,16,19,21H,8-13,15,17-18H2,1-7H3. The van der Waals surface area contributed by atoms with Crippen LogP contribution in [-0.4, -0.2) is 22.6 Å². The van der Waals surface area contributed by atoms with Gasteiger partial charge in [-0.3, -0.25) is 0 Å². The maximum Gasteiger partial charge on any atom is 0.225 e. The van der Waals surface area contributed by atoms with E-state index in [0.29, 0.717) is 11.5 Å². The van der Waals surface area contributed by atoms with E-state index < -0.39 is 0 Å². The Hall–Kier alpha value is -1.12. The molecule has 1 rings (SSSR count). The van der Waals surface area contributed by atoms with Gasteiger partial charge < -0.3 is 4.90 Å². The molecule has 1 aromatic rings. The molecule has 1 heterocycles. The van der Waals surface area contributed by atoms with E-state index in [0.717, 1.165) is 37.7 Å². The lowest BCUT2D eigenvalue weighted by Crippen LogP contribution is -2.40. The first-order valence-electron chi connectivity index (χ1n) is 10.9. The molecule has 0 aliphatic carbocycles. The summed E-state index contributed by atoms with van der Waals surface area (Å²) in [6, 6.07) is 2.62. The summed E-state index contributed by atoms with van der Waals surface area (Å²) in [6.45, 7) is 17.2. The number of unbranched alkanes of at least 4 members (excludes halogenated alkanes) is 1. The molecule has 0 spiro atoms. The summed E-state index contributed by atoms with van der Waals surface area (Å²) in [7, 11) is 0. The van der Waals surface area contributed by atoms with Gasteiger partial charge in [-0.1, -0.05) is 74.1 Å². The van der Waals surface area contributed by atoms with E-state index in [-0.39, 0.29) is 0 Å². The molecule has 0 radical (unpaired) electrons. The molecule has 26 heavy (non-hydrogen) atoms. The van der Waals surface area contributed by atoms with Gasteiger partial charge in [0, 0.05) is 24.5 Å². The van der Waals surface area contributed by atoms with Crippen molar-refractivity contribution in [1.29, 1.82) is 0 Å². The minimum atomic E-state index is 0.324. The molecule has 3 heteroatoms. The summed E-state index contributed by atoms with van der Waals surface area (Å²) >= 11 is 0. The fourth-order valence-electron chi connectivity index (χ4n) is 3.29. The van der Waals surface area contributed by atoms with Crippen LogP contribution in [0.2, 0.25) is 0 Å². The van der Waals surface area contributed by atoms with Crippen LogP contribution in [0.4, 0.5) is 5.95 Å². The van der Waals surface area contributed by atoms with Crippen LogP contribution in [0.25, 0.3) is 0 Å². The molecule has 0 saturated carbocycles. The lowest BCUT2D eigenvalue weighted by Gasteiger charge is -2.35. The molecule has 2 unspecified atom stereocenters. The smallest absolute Gasteiger partial charge is 0.225 e. The number of hydrogen-bond donors (Lipinski definition) is 0. The second-order valence-electron chi connectivity index (χ2n) is 9.15. The average molecular weight is 362 g/mol. The van der Waals surface area contributed by atoms with Gasteiger partial charge in [-0.15, -0.1) is 0 Å². The van der Waals surface area contributed by atoms with Gasteiger partial charge in [0.15, 0.2) is 0 Å². The third-order valence-corrected chi connectivity index (χ3v) is 5.27. The Labute approximate surface area is 163 Å². The SMILES string of the molecule is CCCCC(CC(C)CC)N(CCC(C)(C)C)c1nccc(CCC)n1. The minimum absolute atomic E-state index is 0.324. The Kier molecular flexibility index (Phi) is 10.2.